The third-order valence-corrected chi connectivity index (χ3v) is 6.64. The van der Waals surface area contributed by atoms with E-state index in [2.05, 4.69) is 27.5 Å². The van der Waals surface area contributed by atoms with Crippen molar-refractivity contribution in [2.45, 2.75) is 50.1 Å². The second-order valence-corrected chi connectivity index (χ2v) is 11.1. The van der Waals surface area contributed by atoms with E-state index in [9.17, 15) is 22.4 Å². The Morgan fingerprint density at radius 1 is 1.35 bits per heavy atom. The van der Waals surface area contributed by atoms with Crippen LogP contribution in [0.5, 0.6) is 0 Å². The van der Waals surface area contributed by atoms with Crippen LogP contribution in [0.3, 0.4) is 0 Å². The molecule has 3 heterocycles. The predicted octanol–water partition coefficient (Wildman–Crippen LogP) is 2.51. The Balaban J connectivity index is 1.87. The monoisotopic (exact) mass is 549 g/mol. The Hall–Kier alpha value is -2.48. The van der Waals surface area contributed by atoms with Gasteiger partial charge in [-0.25, -0.2) is 0 Å². The summed E-state index contributed by atoms with van der Waals surface area (Å²) >= 11 is -1.88. The summed E-state index contributed by atoms with van der Waals surface area (Å²) in [4.78, 5) is 17.9. The second-order valence-electron chi connectivity index (χ2n) is 8.92. The molecule has 2 aromatic rings. The molecule has 0 saturated carbocycles. The Morgan fingerprint density at radius 3 is 2.74 bits per heavy atom. The van der Waals surface area contributed by atoms with Crippen LogP contribution in [0.1, 0.15) is 32.8 Å². The van der Waals surface area contributed by atoms with Crippen LogP contribution in [0.4, 0.5) is 28.2 Å². The Morgan fingerprint density at radius 2 is 2.09 bits per heavy atom. The number of nitrogens with zero attached hydrogens (tertiary/aromatic N) is 3. The van der Waals surface area contributed by atoms with Crippen molar-refractivity contribution in [3.63, 3.8) is 0 Å². The number of rotatable bonds is 4. The fourth-order valence-electron chi connectivity index (χ4n) is 3.46. The number of carbonyl (C=O) groups is 1. The summed E-state index contributed by atoms with van der Waals surface area (Å²) in [5, 5.41) is 1.13. The molecule has 3 rings (SSSR count). The van der Waals surface area contributed by atoms with Gasteiger partial charge in [0.05, 0.1) is 0 Å². The number of amides is 1. The number of fused-ring (bicyclic) bond motifs is 1. The van der Waals surface area contributed by atoms with Crippen LogP contribution in [0.15, 0.2) is 18.5 Å². The van der Waals surface area contributed by atoms with Gasteiger partial charge in [0.25, 0.3) is 0 Å². The molecule has 12 heteroatoms. The number of halogens is 4. The molecule has 0 unspecified atom stereocenters. The number of carbonyl (C=O) groups excluding carboxylic acids is 1. The van der Waals surface area contributed by atoms with Gasteiger partial charge in [0.1, 0.15) is 0 Å². The van der Waals surface area contributed by atoms with Crippen molar-refractivity contribution in [2.75, 3.05) is 32.0 Å². The van der Waals surface area contributed by atoms with E-state index in [0.29, 0.717) is 24.3 Å². The summed E-state index contributed by atoms with van der Waals surface area (Å²) in [6.45, 7) is 6.02. The van der Waals surface area contributed by atoms with E-state index in [4.69, 9.17) is 4.74 Å². The van der Waals surface area contributed by atoms with Crippen LogP contribution in [0.25, 0.3) is 5.52 Å². The summed E-state index contributed by atoms with van der Waals surface area (Å²) in [5.74, 6) is 5.71. The van der Waals surface area contributed by atoms with E-state index in [0.717, 1.165) is 0 Å². The Kier molecular flexibility index (Phi) is 8.01. The van der Waals surface area contributed by atoms with Crippen LogP contribution in [-0.2, 0) is 4.74 Å². The van der Waals surface area contributed by atoms with Crippen molar-refractivity contribution in [1.82, 2.24) is 19.6 Å². The van der Waals surface area contributed by atoms with Crippen LogP contribution in [0.2, 0.25) is 0 Å². The van der Waals surface area contributed by atoms with Crippen molar-refractivity contribution < 1.29 is 27.1 Å². The van der Waals surface area contributed by atoms with E-state index >= 15 is 0 Å². The molecule has 2 atom stereocenters. The summed E-state index contributed by atoms with van der Waals surface area (Å²) in [5.41, 5.74) is -0.110. The number of piperidine rings is 1. The van der Waals surface area contributed by atoms with E-state index in [1.54, 1.807) is 20.8 Å². The molecule has 1 aliphatic heterocycles. The van der Waals surface area contributed by atoms with Crippen LogP contribution in [0, 0.1) is 11.8 Å². The first-order valence-electron chi connectivity index (χ1n) is 10.6. The number of nitrogens with one attached hydrogen (secondary N) is 2. The normalized spacial score (nSPS) is 19.4. The fraction of sp³-hybridized carbons (Fsp3) is 0.545. The van der Waals surface area contributed by atoms with Crippen LogP contribution >= 0.6 is 0 Å². The molecule has 0 aliphatic carbocycles. The molecule has 1 saturated heterocycles. The van der Waals surface area contributed by atoms with Gasteiger partial charge in [-0.3, -0.25) is 0 Å². The van der Waals surface area contributed by atoms with Gasteiger partial charge < -0.3 is 0 Å². The maximum atomic E-state index is 14.5. The molecule has 2 aromatic heterocycles. The van der Waals surface area contributed by atoms with E-state index in [1.807, 2.05) is 11.9 Å². The fourth-order valence-corrected chi connectivity index (χ4v) is 4.92. The van der Waals surface area contributed by atoms with Gasteiger partial charge in [0, 0.05) is 0 Å². The Bertz CT molecular complexity index is 1090. The van der Waals surface area contributed by atoms with E-state index in [-0.39, 0.29) is 23.2 Å². The molecule has 34 heavy (non-hydrogen) atoms. The van der Waals surface area contributed by atoms with Gasteiger partial charge in [-0.1, -0.05) is 0 Å². The third kappa shape index (κ3) is 7.26. The van der Waals surface area contributed by atoms with Crippen molar-refractivity contribution in [1.29, 1.82) is 0 Å². The van der Waals surface area contributed by atoms with Gasteiger partial charge >= 0.3 is 202 Å². The summed E-state index contributed by atoms with van der Waals surface area (Å²) < 4.78 is 61.1. The van der Waals surface area contributed by atoms with Gasteiger partial charge in [-0.2, -0.15) is 0 Å². The number of likely N-dealkylation sites (tertiary alicyclic amines) is 1. The van der Waals surface area contributed by atoms with E-state index < -0.39 is 43.9 Å². The topological polar surface area (TPSA) is 70.9 Å². The van der Waals surface area contributed by atoms with Crippen molar-refractivity contribution >= 4 is 37.0 Å². The molecule has 0 spiro atoms. The zero-order valence-electron chi connectivity index (χ0n) is 19.3. The van der Waals surface area contributed by atoms with Crippen LogP contribution in [-0.4, -0.2) is 84.9 Å². The average Bonchev–Trinajstić information content (AvgIpc) is 3.03. The molecule has 0 bridgehead atoms. The number of hydrogen-bond donors (Lipinski definition) is 2. The number of ether oxygens (including phenoxy) is 1. The van der Waals surface area contributed by atoms with E-state index in [1.165, 1.54) is 22.9 Å². The minimum atomic E-state index is -4.40. The third-order valence-electron chi connectivity index (χ3n) is 4.87. The number of alkyl halides is 4. The molecule has 0 aromatic carbocycles. The SMILES string of the molecule is CN1CC[C@@H](Nc2nccn3c([Se]C(F)(F)F)c(C#CCNC(=O)OC(C)(C)C)cc23)[C@@H](F)C1. The zero-order chi connectivity index (χ0) is 25.1. The first kappa shape index (κ1) is 26.1. The maximum absolute atomic E-state index is 14.5. The molecule has 2 N–H and O–H groups in total. The van der Waals surface area contributed by atoms with Gasteiger partial charge in [0.2, 0.25) is 0 Å². The second kappa shape index (κ2) is 10.4. The first-order valence-corrected chi connectivity index (χ1v) is 12.3. The van der Waals surface area contributed by atoms with Crippen molar-refractivity contribution in [3.8, 4) is 11.8 Å². The summed E-state index contributed by atoms with van der Waals surface area (Å²) in [6.07, 6.45) is 1.57. The number of hydrogen-bond acceptors (Lipinski definition) is 5. The molecular weight excluding hydrogens is 521 g/mol. The number of anilines is 1. The molecule has 7 nitrogen and oxygen atoms in total. The predicted molar refractivity (Wildman–Crippen MR) is 122 cm³/mol. The minimum absolute atomic E-state index is 0.00499. The molecule has 1 aliphatic rings. The number of aromatic nitrogens is 2. The summed E-state index contributed by atoms with van der Waals surface area (Å²) in [7, 11) is 1.84. The Labute approximate surface area is 201 Å². The van der Waals surface area contributed by atoms with Crippen molar-refractivity contribution in [2.24, 2.45) is 0 Å². The molecule has 1 amide bonds. The standard InChI is InChI=1S/C22H27F4N5O2Se/c1-21(2,3)33-20(32)28-8-5-6-14-12-17-18(29-16-7-10-30(4)13-15(16)23)27-9-11-31(17)19(14)34-22(24,25)26/h9,11-12,15-16H,7-8,10,13H2,1-4H3,(H,27,29)(H,28,32)/t15-,16+/m0/s1. The van der Waals surface area contributed by atoms with Gasteiger partial charge in [-0.15, -0.1) is 0 Å². The quantitative estimate of drug-likeness (QED) is 0.349. The number of alkyl carbamates (subject to hydrolysis) is 1. The first-order chi connectivity index (χ1) is 15.8. The molecule has 186 valence electrons. The van der Waals surface area contributed by atoms with Gasteiger partial charge in [-0.05, 0) is 0 Å². The summed E-state index contributed by atoms with van der Waals surface area (Å²) in [6, 6.07) is 1.02. The molecular formula is C22H27F4N5O2Se. The van der Waals surface area contributed by atoms with Crippen LogP contribution < -0.4 is 15.2 Å². The zero-order valence-corrected chi connectivity index (χ0v) is 21.0. The van der Waals surface area contributed by atoms with Gasteiger partial charge in [0.15, 0.2) is 0 Å². The molecule has 0 radical (unpaired) electrons. The van der Waals surface area contributed by atoms with Crippen molar-refractivity contribution in [3.05, 3.63) is 24.0 Å². The average molecular weight is 548 g/mol. The molecule has 1 fully saturated rings.